The van der Waals surface area contributed by atoms with Crippen molar-refractivity contribution in [2.75, 3.05) is 6.61 Å². The van der Waals surface area contributed by atoms with Crippen LogP contribution < -0.4 is 5.73 Å². The van der Waals surface area contributed by atoms with E-state index in [2.05, 4.69) is 15.9 Å². The molecule has 0 spiro atoms. The summed E-state index contributed by atoms with van der Waals surface area (Å²) in [6, 6.07) is 1.67. The van der Waals surface area contributed by atoms with Crippen LogP contribution in [0.3, 0.4) is 0 Å². The Balaban J connectivity index is 3.07. The third kappa shape index (κ3) is 2.78. The first-order valence-electron chi connectivity index (χ1n) is 4.99. The number of hydrogen-bond donors (Lipinski definition) is 1. The van der Waals surface area contributed by atoms with Crippen LogP contribution in [0.2, 0.25) is 0 Å². The highest BCUT2D eigenvalue weighted by atomic mass is 79.9. The van der Waals surface area contributed by atoms with Crippen molar-refractivity contribution in [2.24, 2.45) is 5.73 Å². The normalized spacial score (nSPS) is 14.9. The van der Waals surface area contributed by atoms with Gasteiger partial charge in [-0.2, -0.15) is 0 Å². The van der Waals surface area contributed by atoms with Crippen molar-refractivity contribution in [1.29, 1.82) is 0 Å². The van der Waals surface area contributed by atoms with E-state index < -0.39 is 23.8 Å². The lowest BCUT2D eigenvalue weighted by molar-refractivity contribution is 0.0556. The second-order valence-corrected chi connectivity index (χ2v) is 4.30. The van der Waals surface area contributed by atoms with E-state index >= 15 is 0 Å². The molecule has 2 atom stereocenters. The van der Waals surface area contributed by atoms with Gasteiger partial charge in [-0.15, -0.1) is 0 Å². The van der Waals surface area contributed by atoms with Gasteiger partial charge in [-0.05, 0) is 41.9 Å². The van der Waals surface area contributed by atoms with Crippen LogP contribution in [0.4, 0.5) is 8.78 Å². The fourth-order valence-corrected chi connectivity index (χ4v) is 1.80. The average molecular weight is 294 g/mol. The molecular formula is C11H14BrF2NO. The van der Waals surface area contributed by atoms with Gasteiger partial charge in [0.15, 0.2) is 0 Å². The molecule has 2 N–H and O–H groups in total. The molecule has 0 aromatic heterocycles. The van der Waals surface area contributed by atoms with Gasteiger partial charge in [-0.25, -0.2) is 8.78 Å². The Bertz CT molecular complexity index is 373. The van der Waals surface area contributed by atoms with E-state index in [4.69, 9.17) is 10.5 Å². The van der Waals surface area contributed by atoms with Crippen LogP contribution in [-0.4, -0.2) is 12.7 Å². The van der Waals surface area contributed by atoms with Gasteiger partial charge in [0.1, 0.15) is 11.6 Å². The van der Waals surface area contributed by atoms with Crippen molar-refractivity contribution in [3.63, 3.8) is 0 Å². The molecule has 2 unspecified atom stereocenters. The standard InChI is InChI=1S/C11H14BrF2NO/c1-3-16-6(2)11(15)9-8(13)5-4-7(12)10(9)14/h4-6,11H,3,15H2,1-2H3. The zero-order chi connectivity index (χ0) is 12.3. The molecular weight excluding hydrogens is 280 g/mol. The summed E-state index contributed by atoms with van der Waals surface area (Å²) in [5.74, 6) is -1.32. The summed E-state index contributed by atoms with van der Waals surface area (Å²) in [5.41, 5.74) is 5.63. The van der Waals surface area contributed by atoms with Gasteiger partial charge in [-0.3, -0.25) is 0 Å². The molecule has 1 aromatic rings. The van der Waals surface area contributed by atoms with Crippen LogP contribution in [-0.2, 0) is 4.74 Å². The number of nitrogens with two attached hydrogens (primary N) is 1. The van der Waals surface area contributed by atoms with Crippen molar-refractivity contribution in [3.05, 3.63) is 33.8 Å². The highest BCUT2D eigenvalue weighted by Crippen LogP contribution is 2.27. The van der Waals surface area contributed by atoms with Crippen LogP contribution in [0.25, 0.3) is 0 Å². The maximum atomic E-state index is 13.7. The van der Waals surface area contributed by atoms with Crippen LogP contribution >= 0.6 is 15.9 Å². The van der Waals surface area contributed by atoms with Gasteiger partial charge in [0.2, 0.25) is 0 Å². The van der Waals surface area contributed by atoms with Crippen molar-refractivity contribution >= 4 is 15.9 Å². The highest BCUT2D eigenvalue weighted by Gasteiger charge is 2.23. The van der Waals surface area contributed by atoms with Gasteiger partial charge in [0.05, 0.1) is 16.6 Å². The predicted molar refractivity (Wildman–Crippen MR) is 62.1 cm³/mol. The summed E-state index contributed by atoms with van der Waals surface area (Å²) in [4.78, 5) is 0. The van der Waals surface area contributed by atoms with Gasteiger partial charge < -0.3 is 10.5 Å². The van der Waals surface area contributed by atoms with Crippen molar-refractivity contribution in [3.8, 4) is 0 Å². The number of ether oxygens (including phenoxy) is 1. The second-order valence-electron chi connectivity index (χ2n) is 3.44. The summed E-state index contributed by atoms with van der Waals surface area (Å²) in [5, 5.41) is 0. The van der Waals surface area contributed by atoms with E-state index in [0.29, 0.717) is 6.61 Å². The largest absolute Gasteiger partial charge is 0.377 e. The molecule has 5 heteroatoms. The zero-order valence-electron chi connectivity index (χ0n) is 9.14. The summed E-state index contributed by atoms with van der Waals surface area (Å²) < 4.78 is 32.6. The van der Waals surface area contributed by atoms with Gasteiger partial charge in [0.25, 0.3) is 0 Å². The Morgan fingerprint density at radius 1 is 1.44 bits per heavy atom. The van der Waals surface area contributed by atoms with Gasteiger partial charge >= 0.3 is 0 Å². The topological polar surface area (TPSA) is 35.2 Å². The first-order chi connectivity index (χ1) is 7.49. The second kappa shape index (κ2) is 5.70. The molecule has 0 aliphatic rings. The van der Waals surface area contributed by atoms with Crippen molar-refractivity contribution in [2.45, 2.75) is 26.0 Å². The minimum absolute atomic E-state index is 0.143. The molecule has 16 heavy (non-hydrogen) atoms. The maximum absolute atomic E-state index is 13.7. The minimum atomic E-state index is -0.822. The highest BCUT2D eigenvalue weighted by molar-refractivity contribution is 9.10. The van der Waals surface area contributed by atoms with E-state index in [1.165, 1.54) is 12.1 Å². The zero-order valence-corrected chi connectivity index (χ0v) is 10.7. The third-order valence-electron chi connectivity index (χ3n) is 2.35. The molecule has 1 rings (SSSR count). The number of hydrogen-bond acceptors (Lipinski definition) is 2. The molecule has 0 saturated carbocycles. The molecule has 2 nitrogen and oxygen atoms in total. The molecule has 90 valence electrons. The molecule has 0 heterocycles. The molecule has 0 amide bonds. The van der Waals surface area contributed by atoms with Crippen LogP contribution in [0, 0.1) is 11.6 Å². The third-order valence-corrected chi connectivity index (χ3v) is 2.96. The lowest BCUT2D eigenvalue weighted by atomic mass is 10.0. The predicted octanol–water partition coefficient (Wildman–Crippen LogP) is 3.15. The lowest BCUT2D eigenvalue weighted by Crippen LogP contribution is -2.28. The monoisotopic (exact) mass is 293 g/mol. The first kappa shape index (κ1) is 13.5. The van der Waals surface area contributed by atoms with Crippen LogP contribution in [0.5, 0.6) is 0 Å². The molecule has 0 aliphatic heterocycles. The first-order valence-corrected chi connectivity index (χ1v) is 5.78. The Kier molecular flexibility index (Phi) is 4.83. The van der Waals surface area contributed by atoms with Gasteiger partial charge in [-0.1, -0.05) is 0 Å². The summed E-state index contributed by atoms with van der Waals surface area (Å²) in [7, 11) is 0. The fraction of sp³-hybridized carbons (Fsp3) is 0.455. The van der Waals surface area contributed by atoms with E-state index in [1.807, 2.05) is 0 Å². The summed E-state index contributed by atoms with van der Waals surface area (Å²) in [6.45, 7) is 3.94. The molecule has 0 fully saturated rings. The maximum Gasteiger partial charge on any atom is 0.145 e. The number of rotatable bonds is 4. The van der Waals surface area contributed by atoms with E-state index in [0.717, 1.165) is 0 Å². The Hall–Kier alpha value is -0.520. The van der Waals surface area contributed by atoms with Crippen molar-refractivity contribution in [1.82, 2.24) is 0 Å². The van der Waals surface area contributed by atoms with Crippen LogP contribution in [0.1, 0.15) is 25.5 Å². The Morgan fingerprint density at radius 3 is 2.62 bits per heavy atom. The number of halogens is 3. The molecule has 1 aromatic carbocycles. The fourth-order valence-electron chi connectivity index (χ4n) is 1.45. The molecule has 0 aliphatic carbocycles. The smallest absolute Gasteiger partial charge is 0.145 e. The van der Waals surface area contributed by atoms with Crippen LogP contribution in [0.15, 0.2) is 16.6 Å². The average Bonchev–Trinajstić information content (AvgIpc) is 2.24. The van der Waals surface area contributed by atoms with E-state index in [-0.39, 0.29) is 10.0 Å². The van der Waals surface area contributed by atoms with Crippen molar-refractivity contribution < 1.29 is 13.5 Å². The van der Waals surface area contributed by atoms with E-state index in [1.54, 1.807) is 13.8 Å². The molecule has 0 saturated heterocycles. The quantitative estimate of drug-likeness (QED) is 0.866. The SMILES string of the molecule is CCOC(C)C(N)c1c(F)ccc(Br)c1F. The minimum Gasteiger partial charge on any atom is -0.377 e. The molecule has 0 bridgehead atoms. The summed E-state index contributed by atoms with van der Waals surface area (Å²) in [6.07, 6.45) is -0.441. The van der Waals surface area contributed by atoms with Gasteiger partial charge in [0, 0.05) is 12.2 Å². The Morgan fingerprint density at radius 2 is 2.06 bits per heavy atom. The lowest BCUT2D eigenvalue weighted by Gasteiger charge is -2.21. The Labute approximate surface area is 102 Å². The number of benzene rings is 1. The van der Waals surface area contributed by atoms with E-state index in [9.17, 15) is 8.78 Å². The summed E-state index contributed by atoms with van der Waals surface area (Å²) >= 11 is 3.00. The molecule has 0 radical (unpaired) electrons.